The number of phenols is 4. The molecule has 10 aromatic rings. The van der Waals surface area contributed by atoms with Gasteiger partial charge in [0.2, 0.25) is 0 Å². The van der Waals surface area contributed by atoms with Gasteiger partial charge in [-0.25, -0.2) is 0 Å². The van der Waals surface area contributed by atoms with Gasteiger partial charge in [0.05, 0.1) is 5.41 Å². The fourth-order valence-electron chi connectivity index (χ4n) is 9.50. The van der Waals surface area contributed by atoms with E-state index in [0.717, 1.165) is 49.4 Å². The summed E-state index contributed by atoms with van der Waals surface area (Å²) in [4.78, 5) is 0. The molecule has 0 saturated carbocycles. The third-order valence-corrected chi connectivity index (χ3v) is 13.3. The highest BCUT2D eigenvalue weighted by molar-refractivity contribution is 5.96. The number of phenolic OH excluding ortho intramolecular Hbond substituents is 4. The van der Waals surface area contributed by atoms with Crippen molar-refractivity contribution in [3.05, 3.63) is 229 Å². The summed E-state index contributed by atoms with van der Waals surface area (Å²) in [6.45, 7) is 4.15. The topological polar surface area (TPSA) is 155 Å². The molecule has 0 amide bonds. The van der Waals surface area contributed by atoms with Gasteiger partial charge in [-0.2, -0.15) is 0 Å². The molecule has 12 nitrogen and oxygen atoms in total. The van der Waals surface area contributed by atoms with Crippen LogP contribution in [-0.4, -0.2) is 73.3 Å². The van der Waals surface area contributed by atoms with Crippen molar-refractivity contribution in [2.45, 2.75) is 12.3 Å². The lowest BCUT2D eigenvalue weighted by molar-refractivity contribution is 0.212. The number of rotatable bonds is 24. The van der Waals surface area contributed by atoms with Crippen molar-refractivity contribution in [2.24, 2.45) is 0 Å². The predicted molar refractivity (Wildman–Crippen MR) is 302 cm³/mol. The summed E-state index contributed by atoms with van der Waals surface area (Å²) in [5.74, 6) is 5.60. The van der Waals surface area contributed by atoms with E-state index in [0.29, 0.717) is 46.0 Å². The average Bonchev–Trinajstić information content (AvgIpc) is 3.55. The number of fused-ring (bicyclic) bond motifs is 2. The van der Waals surface area contributed by atoms with Gasteiger partial charge < -0.3 is 58.3 Å². The molecule has 0 heterocycles. The maximum absolute atomic E-state index is 9.91. The monoisotopic (exact) mass is 1040 g/mol. The molecule has 0 bridgehead atoms. The number of benzene rings is 10. The molecule has 4 N–H and O–H groups in total. The first-order chi connectivity index (χ1) is 38.2. The predicted octanol–water partition coefficient (Wildman–Crippen LogP) is 13.7. The van der Waals surface area contributed by atoms with Gasteiger partial charge in [0.15, 0.2) is 0 Å². The largest absolute Gasteiger partial charge is 0.508 e. The smallest absolute Gasteiger partial charge is 0.124 e. The van der Waals surface area contributed by atoms with Crippen LogP contribution in [0, 0.1) is 0 Å². The molecule has 0 fully saturated rings. The molecule has 394 valence electrons. The Balaban J connectivity index is 1.08. The zero-order valence-electron chi connectivity index (χ0n) is 42.9. The summed E-state index contributed by atoms with van der Waals surface area (Å²) in [5.41, 5.74) is 3.78. The molecule has 0 aromatic heterocycles. The van der Waals surface area contributed by atoms with Crippen molar-refractivity contribution in [3.63, 3.8) is 0 Å². The first kappa shape index (κ1) is 51.8. The highest BCUT2D eigenvalue weighted by Crippen LogP contribution is 2.52. The highest BCUT2D eigenvalue weighted by atomic mass is 16.5. The Morgan fingerprint density at radius 1 is 0.295 bits per heavy atom. The summed E-state index contributed by atoms with van der Waals surface area (Å²) in [5, 5.41) is 42.9. The standard InChI is InChI=1S/C66H58O12/c1-66(49-11-7-46(8-12-49)45-5-3-2-4-6-45,64-60-31-29-58(75-37-35-71-54-21-13-50(67)14-22-54)43-47(60)9-33-62(64)77-41-39-73-56-25-17-52(69)18-26-56)65-61-32-30-59(76-38-36-72-55-23-15-51(68)16-24-55)44-48(61)10-34-63(65)78-42-40-74-57-27-19-53(70)20-28-57/h2-34,43-44,67-70H,35-42H2,1H3. The number of hydrogen-bond acceptors (Lipinski definition) is 12. The van der Waals surface area contributed by atoms with E-state index in [1.165, 1.54) is 0 Å². The van der Waals surface area contributed by atoms with Crippen molar-refractivity contribution >= 4 is 21.5 Å². The maximum atomic E-state index is 9.91. The third kappa shape index (κ3) is 12.5. The SMILES string of the molecule is CC(c1ccc(-c2ccccc2)cc1)(c1c(OCCOc2ccc(O)cc2)ccc2cc(OCCOc3ccc(O)cc3)ccc12)c1c(OCCOc2ccc(O)cc2)ccc2cc(OCCOc3ccc(O)cc3)ccc12. The van der Waals surface area contributed by atoms with E-state index < -0.39 is 5.41 Å². The molecule has 0 aliphatic rings. The summed E-state index contributed by atoms with van der Waals surface area (Å²) < 4.78 is 50.4. The van der Waals surface area contributed by atoms with Crippen LogP contribution in [0.5, 0.6) is 69.0 Å². The lowest BCUT2D eigenvalue weighted by Crippen LogP contribution is -2.28. The van der Waals surface area contributed by atoms with Gasteiger partial charge in [0, 0.05) is 11.1 Å². The van der Waals surface area contributed by atoms with Crippen LogP contribution < -0.4 is 37.9 Å². The van der Waals surface area contributed by atoms with Gasteiger partial charge in [0.25, 0.3) is 0 Å². The van der Waals surface area contributed by atoms with Gasteiger partial charge in [-0.05, 0) is 179 Å². The quantitative estimate of drug-likeness (QED) is 0.0336. The van der Waals surface area contributed by atoms with Crippen LogP contribution in [0.15, 0.2) is 212 Å². The number of ether oxygens (including phenoxy) is 8. The van der Waals surface area contributed by atoms with Crippen LogP contribution in [0.2, 0.25) is 0 Å². The molecule has 0 atom stereocenters. The van der Waals surface area contributed by atoms with E-state index in [4.69, 9.17) is 37.9 Å². The van der Waals surface area contributed by atoms with E-state index >= 15 is 0 Å². The number of hydrogen-bond donors (Lipinski definition) is 4. The van der Waals surface area contributed by atoms with Crippen molar-refractivity contribution in [3.8, 4) is 80.1 Å². The van der Waals surface area contributed by atoms with Gasteiger partial charge in [-0.1, -0.05) is 78.9 Å². The van der Waals surface area contributed by atoms with Crippen molar-refractivity contribution in [1.82, 2.24) is 0 Å². The molecule has 78 heavy (non-hydrogen) atoms. The lowest BCUT2D eigenvalue weighted by atomic mass is 9.67. The Hall–Kier alpha value is -9.68. The second-order valence-electron chi connectivity index (χ2n) is 18.5. The molecule has 10 rings (SSSR count). The summed E-state index contributed by atoms with van der Waals surface area (Å²) in [7, 11) is 0. The lowest BCUT2D eigenvalue weighted by Gasteiger charge is -2.36. The second kappa shape index (κ2) is 24.3. The van der Waals surface area contributed by atoms with E-state index in [1.807, 2.05) is 66.7 Å². The van der Waals surface area contributed by atoms with Crippen LogP contribution in [0.3, 0.4) is 0 Å². The molecule has 12 heteroatoms. The first-order valence-corrected chi connectivity index (χ1v) is 25.7. The third-order valence-electron chi connectivity index (χ3n) is 13.3. The summed E-state index contributed by atoms with van der Waals surface area (Å²) in [6, 6.07) is 65.4. The van der Waals surface area contributed by atoms with Crippen LogP contribution >= 0.6 is 0 Å². The molecule has 0 spiro atoms. The Morgan fingerprint density at radius 3 is 0.962 bits per heavy atom. The second-order valence-corrected chi connectivity index (χ2v) is 18.5. The molecular weight excluding hydrogens is 985 g/mol. The van der Waals surface area contributed by atoms with Crippen LogP contribution in [-0.2, 0) is 5.41 Å². The fourth-order valence-corrected chi connectivity index (χ4v) is 9.50. The van der Waals surface area contributed by atoms with Crippen LogP contribution in [0.4, 0.5) is 0 Å². The normalized spacial score (nSPS) is 11.2. The Kier molecular flexibility index (Phi) is 16.2. The number of aromatic hydroxyl groups is 4. The first-order valence-electron chi connectivity index (χ1n) is 25.7. The van der Waals surface area contributed by atoms with Crippen molar-refractivity contribution in [1.29, 1.82) is 0 Å². The Bertz CT molecular complexity index is 3360. The maximum Gasteiger partial charge on any atom is 0.124 e. The van der Waals surface area contributed by atoms with Gasteiger partial charge in [-0.3, -0.25) is 0 Å². The Morgan fingerprint density at radius 2 is 0.603 bits per heavy atom. The van der Waals surface area contributed by atoms with Gasteiger partial charge in [-0.15, -0.1) is 0 Å². The Labute approximate surface area is 452 Å². The van der Waals surface area contributed by atoms with E-state index in [-0.39, 0.29) is 75.9 Å². The van der Waals surface area contributed by atoms with Crippen LogP contribution in [0.1, 0.15) is 23.6 Å². The van der Waals surface area contributed by atoms with Gasteiger partial charge >= 0.3 is 0 Å². The molecule has 0 radical (unpaired) electrons. The van der Waals surface area contributed by atoms with Crippen molar-refractivity contribution in [2.75, 3.05) is 52.9 Å². The molecule has 10 aromatic carbocycles. The zero-order chi connectivity index (χ0) is 53.7. The van der Waals surface area contributed by atoms with Crippen LogP contribution in [0.25, 0.3) is 32.7 Å². The highest BCUT2D eigenvalue weighted by Gasteiger charge is 2.40. The minimum atomic E-state index is -1.03. The minimum Gasteiger partial charge on any atom is -0.508 e. The fraction of sp³-hybridized carbons (Fsp3) is 0.152. The minimum absolute atomic E-state index is 0.147. The molecular formula is C66H58O12. The molecule has 0 saturated heterocycles. The van der Waals surface area contributed by atoms with Gasteiger partial charge in [0.1, 0.15) is 122 Å². The zero-order valence-corrected chi connectivity index (χ0v) is 42.9. The average molecular weight is 1040 g/mol. The summed E-state index contributed by atoms with van der Waals surface area (Å²) >= 11 is 0. The molecule has 0 aliphatic carbocycles. The van der Waals surface area contributed by atoms with E-state index in [9.17, 15) is 20.4 Å². The van der Waals surface area contributed by atoms with Crippen molar-refractivity contribution < 1.29 is 58.3 Å². The molecule has 0 unspecified atom stereocenters. The van der Waals surface area contributed by atoms with E-state index in [1.54, 1.807) is 97.1 Å². The molecule has 0 aliphatic heterocycles. The van der Waals surface area contributed by atoms with E-state index in [2.05, 4.69) is 55.5 Å². The summed E-state index contributed by atoms with van der Waals surface area (Å²) in [6.07, 6.45) is 0.